The molecule has 1 aromatic rings. The molecule has 0 unspecified atom stereocenters. The van der Waals surface area contributed by atoms with Crippen LogP contribution in [0, 0.1) is 0 Å². The minimum absolute atomic E-state index is 0.475. The highest BCUT2D eigenvalue weighted by molar-refractivity contribution is 5.49. The summed E-state index contributed by atoms with van der Waals surface area (Å²) < 4.78 is 0. The average molecular weight is 151 g/mol. The van der Waals surface area contributed by atoms with E-state index in [1.807, 2.05) is 6.07 Å². The van der Waals surface area contributed by atoms with Crippen LogP contribution in [0.25, 0.3) is 0 Å². The van der Waals surface area contributed by atoms with Crippen LogP contribution < -0.4 is 0 Å². The molecule has 4 heteroatoms. The zero-order valence-corrected chi connectivity index (χ0v) is 6.03. The molecule has 0 aromatic carbocycles. The SMILES string of the molecule is O=CN1CC(c2ccn[nH]2)C1. The number of nitrogens with zero attached hydrogens (tertiary/aromatic N) is 2. The fourth-order valence-electron chi connectivity index (χ4n) is 1.29. The number of carbonyl (C=O) groups is 1. The largest absolute Gasteiger partial charge is 0.344 e. The molecule has 11 heavy (non-hydrogen) atoms. The summed E-state index contributed by atoms with van der Waals surface area (Å²) in [5.41, 5.74) is 1.13. The summed E-state index contributed by atoms with van der Waals surface area (Å²) in [5.74, 6) is 0.475. The van der Waals surface area contributed by atoms with Gasteiger partial charge in [-0.15, -0.1) is 0 Å². The molecule has 1 saturated heterocycles. The zero-order valence-electron chi connectivity index (χ0n) is 6.03. The van der Waals surface area contributed by atoms with Gasteiger partial charge < -0.3 is 4.90 Å². The van der Waals surface area contributed by atoms with Gasteiger partial charge in [-0.3, -0.25) is 9.89 Å². The van der Waals surface area contributed by atoms with E-state index >= 15 is 0 Å². The van der Waals surface area contributed by atoms with Gasteiger partial charge in [0, 0.05) is 30.9 Å². The summed E-state index contributed by atoms with van der Waals surface area (Å²) in [6, 6.07) is 1.95. The molecule has 1 aliphatic rings. The lowest BCUT2D eigenvalue weighted by molar-refractivity contribution is -0.122. The Labute approximate surface area is 64.2 Å². The van der Waals surface area contributed by atoms with Gasteiger partial charge in [-0.05, 0) is 6.07 Å². The van der Waals surface area contributed by atoms with Crippen LogP contribution in [0.15, 0.2) is 12.3 Å². The summed E-state index contributed by atoms with van der Waals surface area (Å²) in [6.45, 7) is 1.65. The van der Waals surface area contributed by atoms with Crippen molar-refractivity contribution >= 4 is 6.41 Å². The minimum Gasteiger partial charge on any atom is -0.344 e. The van der Waals surface area contributed by atoms with Crippen molar-refractivity contribution in [3.63, 3.8) is 0 Å². The quantitative estimate of drug-likeness (QED) is 0.603. The summed E-state index contributed by atoms with van der Waals surface area (Å²) >= 11 is 0. The van der Waals surface area contributed by atoms with Gasteiger partial charge in [0.25, 0.3) is 0 Å². The van der Waals surface area contributed by atoms with Crippen molar-refractivity contribution in [2.75, 3.05) is 13.1 Å². The summed E-state index contributed by atoms with van der Waals surface area (Å²) in [6.07, 6.45) is 2.62. The normalized spacial score (nSPS) is 18.0. The third kappa shape index (κ3) is 1.00. The summed E-state index contributed by atoms with van der Waals surface area (Å²) in [7, 11) is 0. The summed E-state index contributed by atoms with van der Waals surface area (Å²) in [4.78, 5) is 11.9. The van der Waals surface area contributed by atoms with Crippen LogP contribution in [-0.4, -0.2) is 34.6 Å². The first-order valence-corrected chi connectivity index (χ1v) is 3.59. The van der Waals surface area contributed by atoms with Crippen molar-refractivity contribution in [3.8, 4) is 0 Å². The van der Waals surface area contributed by atoms with E-state index in [4.69, 9.17) is 0 Å². The number of nitrogens with one attached hydrogen (secondary N) is 1. The first-order valence-electron chi connectivity index (χ1n) is 3.59. The van der Waals surface area contributed by atoms with Crippen molar-refractivity contribution in [3.05, 3.63) is 18.0 Å². The van der Waals surface area contributed by atoms with Crippen LogP contribution >= 0.6 is 0 Å². The maximum atomic E-state index is 10.2. The molecule has 0 atom stereocenters. The Morgan fingerprint density at radius 1 is 1.73 bits per heavy atom. The number of likely N-dealkylation sites (tertiary alicyclic amines) is 1. The second-order valence-electron chi connectivity index (χ2n) is 2.77. The fourth-order valence-corrected chi connectivity index (χ4v) is 1.29. The van der Waals surface area contributed by atoms with Crippen LogP contribution in [0.3, 0.4) is 0 Å². The van der Waals surface area contributed by atoms with E-state index < -0.39 is 0 Å². The smallest absolute Gasteiger partial charge is 0.209 e. The monoisotopic (exact) mass is 151 g/mol. The maximum absolute atomic E-state index is 10.2. The van der Waals surface area contributed by atoms with E-state index in [9.17, 15) is 4.79 Å². The third-order valence-corrected chi connectivity index (χ3v) is 2.02. The van der Waals surface area contributed by atoms with Gasteiger partial charge in [0.2, 0.25) is 6.41 Å². The Balaban J connectivity index is 1.97. The molecule has 0 bridgehead atoms. The molecule has 0 spiro atoms. The Hall–Kier alpha value is -1.32. The van der Waals surface area contributed by atoms with E-state index in [-0.39, 0.29) is 0 Å². The minimum atomic E-state index is 0.475. The second kappa shape index (κ2) is 2.38. The number of aromatic amines is 1. The molecule has 0 radical (unpaired) electrons. The molecule has 1 aromatic heterocycles. The first-order chi connectivity index (χ1) is 5.40. The van der Waals surface area contributed by atoms with Gasteiger partial charge in [-0.2, -0.15) is 5.10 Å². The summed E-state index contributed by atoms with van der Waals surface area (Å²) in [5, 5.41) is 6.74. The Bertz CT molecular complexity index is 238. The molecule has 58 valence electrons. The van der Waals surface area contributed by atoms with E-state index in [1.54, 1.807) is 11.1 Å². The molecule has 1 amide bonds. The van der Waals surface area contributed by atoms with Crippen LogP contribution in [0.1, 0.15) is 11.6 Å². The molecule has 4 nitrogen and oxygen atoms in total. The molecule has 2 rings (SSSR count). The maximum Gasteiger partial charge on any atom is 0.209 e. The molecular weight excluding hydrogens is 142 g/mol. The first kappa shape index (κ1) is 6.39. The average Bonchev–Trinajstić information content (AvgIpc) is 2.37. The molecule has 0 saturated carbocycles. The predicted octanol–water partition coefficient (Wildman–Crippen LogP) is -0.0347. The third-order valence-electron chi connectivity index (χ3n) is 2.02. The number of aromatic nitrogens is 2. The Morgan fingerprint density at radius 3 is 3.09 bits per heavy atom. The van der Waals surface area contributed by atoms with Crippen LogP contribution in [-0.2, 0) is 4.79 Å². The zero-order chi connectivity index (χ0) is 7.68. The standard InChI is InChI=1S/C7H9N3O/c11-5-10-3-6(4-10)7-1-2-8-9-7/h1-2,5-6H,3-4H2,(H,8,9). The molecule has 1 aliphatic heterocycles. The number of hydrogen-bond acceptors (Lipinski definition) is 2. The number of carbonyl (C=O) groups excluding carboxylic acids is 1. The molecule has 2 heterocycles. The van der Waals surface area contributed by atoms with Gasteiger partial charge in [-0.1, -0.05) is 0 Å². The van der Waals surface area contributed by atoms with Crippen molar-refractivity contribution in [2.45, 2.75) is 5.92 Å². The van der Waals surface area contributed by atoms with Gasteiger partial charge in [0.1, 0.15) is 0 Å². The molecule has 0 aliphatic carbocycles. The molecular formula is C7H9N3O. The highest BCUT2D eigenvalue weighted by atomic mass is 16.1. The Morgan fingerprint density at radius 2 is 2.55 bits per heavy atom. The molecule has 1 fully saturated rings. The topological polar surface area (TPSA) is 49.0 Å². The van der Waals surface area contributed by atoms with Gasteiger partial charge in [-0.25, -0.2) is 0 Å². The van der Waals surface area contributed by atoms with Crippen LogP contribution in [0.2, 0.25) is 0 Å². The van der Waals surface area contributed by atoms with E-state index in [0.29, 0.717) is 5.92 Å². The highest BCUT2D eigenvalue weighted by Gasteiger charge is 2.27. The Kier molecular flexibility index (Phi) is 1.38. The van der Waals surface area contributed by atoms with Gasteiger partial charge in [0.05, 0.1) is 0 Å². The van der Waals surface area contributed by atoms with Crippen molar-refractivity contribution in [2.24, 2.45) is 0 Å². The predicted molar refractivity (Wildman–Crippen MR) is 39.0 cm³/mol. The van der Waals surface area contributed by atoms with Crippen LogP contribution in [0.4, 0.5) is 0 Å². The lowest BCUT2D eigenvalue weighted by Gasteiger charge is -2.35. The van der Waals surface area contributed by atoms with E-state index in [2.05, 4.69) is 10.2 Å². The number of H-pyrrole nitrogens is 1. The molecule has 1 N–H and O–H groups in total. The van der Waals surface area contributed by atoms with Crippen molar-refractivity contribution in [1.82, 2.24) is 15.1 Å². The highest BCUT2D eigenvalue weighted by Crippen LogP contribution is 2.22. The van der Waals surface area contributed by atoms with E-state index in [0.717, 1.165) is 25.2 Å². The van der Waals surface area contributed by atoms with Gasteiger partial charge >= 0.3 is 0 Å². The fraction of sp³-hybridized carbons (Fsp3) is 0.429. The van der Waals surface area contributed by atoms with Gasteiger partial charge in [0.15, 0.2) is 0 Å². The van der Waals surface area contributed by atoms with Crippen LogP contribution in [0.5, 0.6) is 0 Å². The lowest BCUT2D eigenvalue weighted by Crippen LogP contribution is -2.43. The number of amides is 1. The van der Waals surface area contributed by atoms with Crippen molar-refractivity contribution < 1.29 is 4.79 Å². The van der Waals surface area contributed by atoms with Crippen molar-refractivity contribution in [1.29, 1.82) is 0 Å². The number of hydrogen-bond donors (Lipinski definition) is 1. The van der Waals surface area contributed by atoms with E-state index in [1.165, 1.54) is 0 Å². The second-order valence-corrected chi connectivity index (χ2v) is 2.77. The lowest BCUT2D eigenvalue weighted by atomic mass is 9.98. The number of rotatable bonds is 2.